The quantitative estimate of drug-likeness (QED) is 0.608. The van der Waals surface area contributed by atoms with Crippen LogP contribution in [-0.2, 0) is 5.41 Å². The minimum absolute atomic E-state index is 0.0909. The van der Waals surface area contributed by atoms with Gasteiger partial charge in [0.25, 0.3) is 0 Å². The first-order valence-electron chi connectivity index (χ1n) is 6.19. The molecule has 2 aromatic rings. The average Bonchev–Trinajstić information content (AvgIpc) is 2.39. The fourth-order valence-corrected chi connectivity index (χ4v) is 1.68. The Labute approximate surface area is 113 Å². The second-order valence-corrected chi connectivity index (χ2v) is 5.40. The van der Waals surface area contributed by atoms with Crippen LogP contribution in [0.2, 0.25) is 0 Å². The van der Waals surface area contributed by atoms with E-state index < -0.39 is 0 Å². The van der Waals surface area contributed by atoms with Crippen LogP contribution >= 0.6 is 0 Å². The van der Waals surface area contributed by atoms with Crippen LogP contribution in [0.15, 0.2) is 48.8 Å². The number of aromatic nitrogens is 1. The van der Waals surface area contributed by atoms with Crippen molar-refractivity contribution in [2.24, 2.45) is 0 Å². The van der Waals surface area contributed by atoms with E-state index in [0.29, 0.717) is 11.3 Å². The molecule has 0 unspecified atom stereocenters. The first kappa shape index (κ1) is 13.3. The highest BCUT2D eigenvalue weighted by Crippen LogP contribution is 2.24. The van der Waals surface area contributed by atoms with Crippen molar-refractivity contribution in [2.75, 3.05) is 0 Å². The largest absolute Gasteiger partial charge is 0.423 e. The van der Waals surface area contributed by atoms with Crippen molar-refractivity contribution in [1.82, 2.24) is 4.98 Å². The Kier molecular flexibility index (Phi) is 3.65. The molecular weight excluding hydrogens is 238 g/mol. The number of nitrogens with zero attached hydrogens (tertiary/aromatic N) is 1. The van der Waals surface area contributed by atoms with Gasteiger partial charge in [0.1, 0.15) is 5.75 Å². The van der Waals surface area contributed by atoms with Gasteiger partial charge in [-0.05, 0) is 35.2 Å². The first-order valence-corrected chi connectivity index (χ1v) is 6.19. The number of pyridine rings is 1. The van der Waals surface area contributed by atoms with Crippen LogP contribution < -0.4 is 4.74 Å². The predicted molar refractivity (Wildman–Crippen MR) is 74.3 cm³/mol. The number of hydrogen-bond acceptors (Lipinski definition) is 3. The summed E-state index contributed by atoms with van der Waals surface area (Å²) in [6, 6.07) is 10.9. The zero-order valence-electron chi connectivity index (χ0n) is 11.4. The van der Waals surface area contributed by atoms with Gasteiger partial charge in [-0.2, -0.15) is 0 Å². The molecule has 1 aromatic carbocycles. The van der Waals surface area contributed by atoms with E-state index in [1.165, 1.54) is 5.56 Å². The molecule has 0 saturated heterocycles. The minimum atomic E-state index is -0.370. The molecule has 1 heterocycles. The highest BCUT2D eigenvalue weighted by atomic mass is 16.5. The van der Waals surface area contributed by atoms with Gasteiger partial charge in [0.15, 0.2) is 0 Å². The van der Waals surface area contributed by atoms with Crippen LogP contribution in [-0.4, -0.2) is 11.0 Å². The Bertz CT molecular complexity index is 554. The molecule has 0 amide bonds. The number of benzene rings is 1. The van der Waals surface area contributed by atoms with Crippen molar-refractivity contribution < 1.29 is 9.53 Å². The lowest BCUT2D eigenvalue weighted by atomic mass is 9.87. The predicted octanol–water partition coefficient (Wildman–Crippen LogP) is 3.60. The van der Waals surface area contributed by atoms with E-state index in [0.717, 1.165) is 0 Å². The molecular formula is C16H17NO2. The van der Waals surface area contributed by atoms with E-state index in [9.17, 15) is 4.79 Å². The smallest absolute Gasteiger partial charge is 0.343 e. The summed E-state index contributed by atoms with van der Waals surface area (Å²) in [5, 5.41) is 0. The van der Waals surface area contributed by atoms with Gasteiger partial charge in [-0.1, -0.05) is 32.9 Å². The summed E-state index contributed by atoms with van der Waals surface area (Å²) in [4.78, 5) is 15.7. The van der Waals surface area contributed by atoms with Gasteiger partial charge in [0.2, 0.25) is 0 Å². The minimum Gasteiger partial charge on any atom is -0.423 e. The standard InChI is InChI=1S/C16H17NO2/c1-16(2,3)13-4-6-14(7-5-13)19-15(18)12-8-10-17-11-9-12/h4-11H,1-3H3. The van der Waals surface area contributed by atoms with Crippen molar-refractivity contribution in [3.63, 3.8) is 0 Å². The molecule has 1 aromatic heterocycles. The second-order valence-electron chi connectivity index (χ2n) is 5.40. The number of carbonyl (C=O) groups is 1. The summed E-state index contributed by atoms with van der Waals surface area (Å²) in [6.07, 6.45) is 3.14. The van der Waals surface area contributed by atoms with Crippen LogP contribution in [0.3, 0.4) is 0 Å². The number of ether oxygens (including phenoxy) is 1. The molecule has 3 heteroatoms. The van der Waals surface area contributed by atoms with E-state index in [1.807, 2.05) is 24.3 Å². The Morgan fingerprint density at radius 2 is 1.58 bits per heavy atom. The lowest BCUT2D eigenvalue weighted by Gasteiger charge is -2.18. The van der Waals surface area contributed by atoms with E-state index in [1.54, 1.807) is 24.5 Å². The molecule has 0 aliphatic heterocycles. The maximum atomic E-state index is 11.8. The molecule has 3 nitrogen and oxygen atoms in total. The van der Waals surface area contributed by atoms with Crippen molar-refractivity contribution >= 4 is 5.97 Å². The molecule has 0 atom stereocenters. The average molecular weight is 255 g/mol. The Morgan fingerprint density at radius 1 is 1.00 bits per heavy atom. The Morgan fingerprint density at radius 3 is 2.11 bits per heavy atom. The van der Waals surface area contributed by atoms with Crippen molar-refractivity contribution in [3.05, 3.63) is 59.9 Å². The highest BCUT2D eigenvalue weighted by Gasteiger charge is 2.14. The molecule has 0 radical (unpaired) electrons. The van der Waals surface area contributed by atoms with Gasteiger partial charge >= 0.3 is 5.97 Å². The molecule has 98 valence electrons. The van der Waals surface area contributed by atoms with Crippen LogP contribution in [0.25, 0.3) is 0 Å². The van der Waals surface area contributed by atoms with Gasteiger partial charge in [-0.15, -0.1) is 0 Å². The Hall–Kier alpha value is -2.16. The van der Waals surface area contributed by atoms with E-state index >= 15 is 0 Å². The fraction of sp³-hybridized carbons (Fsp3) is 0.250. The third-order valence-electron chi connectivity index (χ3n) is 2.85. The number of carbonyl (C=O) groups excluding carboxylic acids is 1. The van der Waals surface area contributed by atoms with Crippen LogP contribution in [0.5, 0.6) is 5.75 Å². The summed E-state index contributed by atoms with van der Waals surface area (Å²) < 4.78 is 5.30. The molecule has 0 aliphatic carbocycles. The lowest BCUT2D eigenvalue weighted by molar-refractivity contribution is 0.0734. The molecule has 0 fully saturated rings. The van der Waals surface area contributed by atoms with E-state index in [4.69, 9.17) is 4.74 Å². The number of esters is 1. The molecule has 0 N–H and O–H groups in total. The molecule has 19 heavy (non-hydrogen) atoms. The number of rotatable bonds is 2. The van der Waals surface area contributed by atoms with Gasteiger partial charge in [-0.25, -0.2) is 4.79 Å². The van der Waals surface area contributed by atoms with Crippen LogP contribution in [0, 0.1) is 0 Å². The number of hydrogen-bond donors (Lipinski definition) is 0. The SMILES string of the molecule is CC(C)(C)c1ccc(OC(=O)c2ccncc2)cc1. The van der Waals surface area contributed by atoms with Gasteiger partial charge in [0, 0.05) is 12.4 Å². The lowest BCUT2D eigenvalue weighted by Crippen LogP contribution is -2.11. The maximum absolute atomic E-state index is 11.8. The topological polar surface area (TPSA) is 39.2 Å². The van der Waals surface area contributed by atoms with Crippen molar-refractivity contribution in [3.8, 4) is 5.75 Å². The highest BCUT2D eigenvalue weighted by molar-refractivity contribution is 5.90. The first-order chi connectivity index (χ1) is 8.97. The Balaban J connectivity index is 2.10. The van der Waals surface area contributed by atoms with Crippen LogP contribution in [0.1, 0.15) is 36.7 Å². The third kappa shape index (κ3) is 3.41. The molecule has 0 aliphatic rings. The zero-order chi connectivity index (χ0) is 13.9. The van der Waals surface area contributed by atoms with Gasteiger partial charge < -0.3 is 4.74 Å². The van der Waals surface area contributed by atoms with Crippen molar-refractivity contribution in [2.45, 2.75) is 26.2 Å². The second kappa shape index (κ2) is 5.22. The van der Waals surface area contributed by atoms with E-state index in [2.05, 4.69) is 25.8 Å². The van der Waals surface area contributed by atoms with E-state index in [-0.39, 0.29) is 11.4 Å². The summed E-state index contributed by atoms with van der Waals surface area (Å²) in [5.74, 6) is 0.181. The van der Waals surface area contributed by atoms with Gasteiger partial charge in [0.05, 0.1) is 5.56 Å². The molecule has 0 saturated carbocycles. The monoisotopic (exact) mass is 255 g/mol. The summed E-state index contributed by atoms with van der Waals surface area (Å²) in [5.41, 5.74) is 1.79. The van der Waals surface area contributed by atoms with Gasteiger partial charge in [-0.3, -0.25) is 4.98 Å². The van der Waals surface area contributed by atoms with Crippen LogP contribution in [0.4, 0.5) is 0 Å². The summed E-state index contributed by atoms with van der Waals surface area (Å²) in [6.45, 7) is 6.43. The molecule has 2 rings (SSSR count). The molecule has 0 spiro atoms. The molecule has 0 bridgehead atoms. The fourth-order valence-electron chi connectivity index (χ4n) is 1.68. The van der Waals surface area contributed by atoms with Crippen molar-refractivity contribution in [1.29, 1.82) is 0 Å². The normalized spacial score (nSPS) is 11.1. The summed E-state index contributed by atoms with van der Waals surface area (Å²) >= 11 is 0. The third-order valence-corrected chi connectivity index (χ3v) is 2.85. The summed E-state index contributed by atoms with van der Waals surface area (Å²) in [7, 11) is 0. The maximum Gasteiger partial charge on any atom is 0.343 e. The zero-order valence-corrected chi connectivity index (χ0v) is 11.4.